The van der Waals surface area contributed by atoms with E-state index in [2.05, 4.69) is 48.5 Å². The molecular formula is C30H50O3. The number of ketones is 1. The van der Waals surface area contributed by atoms with Crippen LogP contribution in [-0.2, 0) is 4.79 Å². The molecule has 2 N–H and O–H groups in total. The summed E-state index contributed by atoms with van der Waals surface area (Å²) in [6.07, 6.45) is 10.2. The molecule has 0 heterocycles. The van der Waals surface area contributed by atoms with Crippen LogP contribution in [0.3, 0.4) is 0 Å². The van der Waals surface area contributed by atoms with Crippen LogP contribution >= 0.6 is 0 Å². The lowest BCUT2D eigenvalue weighted by Gasteiger charge is -2.75. The number of fused-ring (bicyclic) bond motifs is 7. The van der Waals surface area contributed by atoms with E-state index in [0.717, 1.165) is 44.9 Å². The minimum absolute atomic E-state index is 0.0716. The number of rotatable bonds is 1. The zero-order valence-corrected chi connectivity index (χ0v) is 22.5. The van der Waals surface area contributed by atoms with Gasteiger partial charge in [-0.05, 0) is 103 Å². The maximum atomic E-state index is 12.7. The first kappa shape index (κ1) is 24.3. The van der Waals surface area contributed by atoms with E-state index in [-0.39, 0.29) is 45.0 Å². The van der Waals surface area contributed by atoms with Gasteiger partial charge in [0.25, 0.3) is 0 Å². The molecule has 5 saturated carbocycles. The predicted molar refractivity (Wildman–Crippen MR) is 133 cm³/mol. The van der Waals surface area contributed by atoms with Gasteiger partial charge in [0.2, 0.25) is 0 Å². The number of aliphatic hydroxyl groups excluding tert-OH is 2. The highest BCUT2D eigenvalue weighted by Crippen LogP contribution is 2.78. The van der Waals surface area contributed by atoms with Gasteiger partial charge in [0.05, 0.1) is 12.7 Å². The largest absolute Gasteiger partial charge is 0.396 e. The van der Waals surface area contributed by atoms with Crippen LogP contribution in [0.1, 0.15) is 113 Å². The zero-order valence-electron chi connectivity index (χ0n) is 22.5. The average molecular weight is 459 g/mol. The number of Topliss-reactive ketones (excluding diaryl/α,β-unsaturated/α-hetero) is 1. The van der Waals surface area contributed by atoms with Gasteiger partial charge in [-0.2, -0.15) is 0 Å². The lowest BCUT2D eigenvalue weighted by Crippen LogP contribution is -2.71. The third-order valence-corrected chi connectivity index (χ3v) is 13.8. The second-order valence-electron chi connectivity index (χ2n) is 15.2. The molecule has 5 aliphatic rings. The third kappa shape index (κ3) is 2.85. The number of aliphatic hydroxyl groups is 2. The Bertz CT molecular complexity index is 834. The highest BCUT2D eigenvalue weighted by molar-refractivity contribution is 5.82. The van der Waals surface area contributed by atoms with Crippen molar-refractivity contribution in [3.63, 3.8) is 0 Å². The van der Waals surface area contributed by atoms with Crippen molar-refractivity contribution in [1.29, 1.82) is 0 Å². The van der Waals surface area contributed by atoms with Crippen LogP contribution in [0.15, 0.2) is 0 Å². The second kappa shape index (κ2) is 7.09. The number of hydrogen-bond acceptors (Lipinski definition) is 3. The first-order valence-corrected chi connectivity index (χ1v) is 14.0. The van der Waals surface area contributed by atoms with Crippen molar-refractivity contribution in [3.05, 3.63) is 0 Å². The summed E-state index contributed by atoms with van der Waals surface area (Å²) in [5.41, 5.74) is 0.518. The van der Waals surface area contributed by atoms with Crippen molar-refractivity contribution in [1.82, 2.24) is 0 Å². The van der Waals surface area contributed by atoms with E-state index < -0.39 is 6.10 Å². The summed E-state index contributed by atoms with van der Waals surface area (Å²) >= 11 is 0. The highest BCUT2D eigenvalue weighted by atomic mass is 16.3. The van der Waals surface area contributed by atoms with Crippen molar-refractivity contribution in [2.24, 2.45) is 56.2 Å². The molecule has 5 rings (SSSR count). The van der Waals surface area contributed by atoms with E-state index in [9.17, 15) is 15.0 Å². The van der Waals surface area contributed by atoms with Crippen molar-refractivity contribution in [2.45, 2.75) is 119 Å². The van der Waals surface area contributed by atoms with Crippen LogP contribution < -0.4 is 0 Å². The third-order valence-electron chi connectivity index (χ3n) is 13.8. The van der Waals surface area contributed by atoms with E-state index in [1.807, 2.05) is 0 Å². The normalized spacial score (nSPS) is 58.0. The molecule has 10 atom stereocenters. The van der Waals surface area contributed by atoms with Crippen LogP contribution in [0.25, 0.3) is 0 Å². The van der Waals surface area contributed by atoms with Crippen LogP contribution in [-0.4, -0.2) is 28.7 Å². The topological polar surface area (TPSA) is 57.5 Å². The molecule has 1 unspecified atom stereocenters. The Kier molecular flexibility index (Phi) is 5.22. The molecule has 0 amide bonds. The van der Waals surface area contributed by atoms with Crippen molar-refractivity contribution in [3.8, 4) is 0 Å². The van der Waals surface area contributed by atoms with Gasteiger partial charge in [0.1, 0.15) is 5.78 Å². The number of hydrogen-bond donors (Lipinski definition) is 2. The molecule has 0 aliphatic heterocycles. The summed E-state index contributed by atoms with van der Waals surface area (Å²) in [4.78, 5) is 12.7. The predicted octanol–water partition coefficient (Wildman–Crippen LogP) is 6.40. The summed E-state index contributed by atoms with van der Waals surface area (Å²) < 4.78 is 0. The van der Waals surface area contributed by atoms with Crippen LogP contribution in [0.5, 0.6) is 0 Å². The molecule has 0 bridgehead atoms. The van der Waals surface area contributed by atoms with E-state index in [0.29, 0.717) is 23.5 Å². The standard InChI is InChI=1S/C30H50O3/c1-19-20(32)8-9-21-26(19,4)11-10-22-27(21,5)13-14-28(6)23-16-25(2,3)12-15-30(23,18-31)24(33)17-29(22,28)7/h19,21-24,31,33H,8-18H2,1-7H3/t19-,21+,22-,23-,24+,26+,27-,28-,29?,30+/m0/s1. The summed E-state index contributed by atoms with van der Waals surface area (Å²) in [6, 6.07) is 0. The highest BCUT2D eigenvalue weighted by Gasteiger charge is 2.73. The molecule has 3 heteroatoms. The monoisotopic (exact) mass is 458 g/mol. The Balaban J connectivity index is 1.58. The van der Waals surface area contributed by atoms with Gasteiger partial charge in [-0.15, -0.1) is 0 Å². The maximum absolute atomic E-state index is 12.7. The van der Waals surface area contributed by atoms with Gasteiger partial charge >= 0.3 is 0 Å². The second-order valence-corrected chi connectivity index (χ2v) is 15.2. The molecule has 33 heavy (non-hydrogen) atoms. The van der Waals surface area contributed by atoms with Crippen LogP contribution in [0.2, 0.25) is 0 Å². The van der Waals surface area contributed by atoms with E-state index in [1.165, 1.54) is 19.3 Å². The Morgan fingerprint density at radius 3 is 2.15 bits per heavy atom. The van der Waals surface area contributed by atoms with E-state index in [4.69, 9.17) is 0 Å². The molecule has 0 spiro atoms. The molecule has 0 radical (unpaired) electrons. The molecule has 3 nitrogen and oxygen atoms in total. The fourth-order valence-electron chi connectivity index (χ4n) is 11.3. The fraction of sp³-hybridized carbons (Fsp3) is 0.967. The maximum Gasteiger partial charge on any atom is 0.136 e. The quantitative estimate of drug-likeness (QED) is 0.478. The molecule has 0 saturated heterocycles. The van der Waals surface area contributed by atoms with Crippen LogP contribution in [0.4, 0.5) is 0 Å². The zero-order chi connectivity index (χ0) is 24.2. The Morgan fingerprint density at radius 1 is 0.788 bits per heavy atom. The minimum Gasteiger partial charge on any atom is -0.396 e. The van der Waals surface area contributed by atoms with Gasteiger partial charge in [-0.1, -0.05) is 48.5 Å². The number of carbonyl (C=O) groups is 1. The molecular weight excluding hydrogens is 408 g/mol. The molecule has 5 aliphatic carbocycles. The first-order valence-electron chi connectivity index (χ1n) is 14.0. The minimum atomic E-state index is -0.413. The van der Waals surface area contributed by atoms with Gasteiger partial charge in [0, 0.05) is 17.8 Å². The van der Waals surface area contributed by atoms with Crippen molar-refractivity contribution in [2.75, 3.05) is 6.61 Å². The Hall–Kier alpha value is -0.410. The van der Waals surface area contributed by atoms with Crippen LogP contribution in [0, 0.1) is 56.2 Å². The first-order chi connectivity index (χ1) is 15.2. The lowest BCUT2D eigenvalue weighted by molar-refractivity contribution is -0.289. The van der Waals surface area contributed by atoms with Gasteiger partial charge in [-0.25, -0.2) is 0 Å². The van der Waals surface area contributed by atoms with E-state index in [1.54, 1.807) is 0 Å². The van der Waals surface area contributed by atoms with Gasteiger partial charge in [0.15, 0.2) is 0 Å². The van der Waals surface area contributed by atoms with Gasteiger partial charge in [-0.3, -0.25) is 4.79 Å². The molecule has 0 aromatic carbocycles. The average Bonchev–Trinajstić information content (AvgIpc) is 2.73. The summed E-state index contributed by atoms with van der Waals surface area (Å²) in [7, 11) is 0. The summed E-state index contributed by atoms with van der Waals surface area (Å²) in [5, 5.41) is 22.5. The lowest BCUT2D eigenvalue weighted by atomic mass is 9.29. The molecule has 5 fully saturated rings. The van der Waals surface area contributed by atoms with Crippen molar-refractivity contribution < 1.29 is 15.0 Å². The summed E-state index contributed by atoms with van der Waals surface area (Å²) in [5.74, 6) is 2.21. The van der Waals surface area contributed by atoms with Crippen molar-refractivity contribution >= 4 is 5.78 Å². The van der Waals surface area contributed by atoms with Gasteiger partial charge < -0.3 is 10.2 Å². The Morgan fingerprint density at radius 2 is 1.48 bits per heavy atom. The molecule has 0 aromatic rings. The number of carbonyl (C=O) groups excluding carboxylic acids is 1. The van der Waals surface area contributed by atoms with E-state index >= 15 is 0 Å². The molecule has 0 aromatic heterocycles. The SMILES string of the molecule is C[C@H]1C(=O)CC[C@H]2[C@]3(C)CC[C@@]4(C)[C@@H]5CC(C)(C)CC[C@]5(CO)[C@H](O)CC4(C)[C@H]3CC[C@@]21C. The molecule has 188 valence electrons. The Labute approximate surface area is 202 Å². The smallest absolute Gasteiger partial charge is 0.136 e. The summed E-state index contributed by atoms with van der Waals surface area (Å²) in [6.45, 7) is 17.2. The fourth-order valence-corrected chi connectivity index (χ4v) is 11.3.